The lowest BCUT2D eigenvalue weighted by Gasteiger charge is -2.23. The number of ether oxygens (including phenoxy) is 1. The molecule has 0 heterocycles. The Labute approximate surface area is 118 Å². The highest BCUT2D eigenvalue weighted by molar-refractivity contribution is 7.90. The summed E-state index contributed by atoms with van der Waals surface area (Å²) in [5.41, 5.74) is 1.24. The molecule has 0 saturated carbocycles. The van der Waals surface area contributed by atoms with Crippen LogP contribution in [0.2, 0.25) is 0 Å². The van der Waals surface area contributed by atoms with Crippen LogP contribution in [-0.2, 0) is 10.8 Å². The molecule has 1 aliphatic rings. The maximum atomic E-state index is 12.6. The van der Waals surface area contributed by atoms with Gasteiger partial charge in [0.25, 0.3) is 0 Å². The molecular formula is C16H22O2S. The standard InChI is InChI=1S/C16H22O2S/c1-16(2,3)19(17)15-7-5-6-14(15)12-8-10-13(18-4)11-9-12/h7-11,14H,5-6H2,1-4H3/t14-,19?/m0/s1. The van der Waals surface area contributed by atoms with Crippen molar-refractivity contribution in [3.63, 3.8) is 0 Å². The topological polar surface area (TPSA) is 26.3 Å². The van der Waals surface area contributed by atoms with Crippen LogP contribution >= 0.6 is 0 Å². The third-order valence-electron chi connectivity index (χ3n) is 3.43. The van der Waals surface area contributed by atoms with Gasteiger partial charge in [0.1, 0.15) is 5.75 Å². The molecule has 0 saturated heterocycles. The first-order chi connectivity index (χ1) is 8.93. The van der Waals surface area contributed by atoms with Gasteiger partial charge in [-0.25, -0.2) is 0 Å². The van der Waals surface area contributed by atoms with Crippen molar-refractivity contribution in [3.05, 3.63) is 40.8 Å². The molecule has 19 heavy (non-hydrogen) atoms. The van der Waals surface area contributed by atoms with E-state index >= 15 is 0 Å². The van der Waals surface area contributed by atoms with Crippen LogP contribution in [0.1, 0.15) is 45.1 Å². The second kappa shape index (κ2) is 5.49. The van der Waals surface area contributed by atoms with Crippen molar-refractivity contribution in [1.29, 1.82) is 0 Å². The fraction of sp³-hybridized carbons (Fsp3) is 0.500. The summed E-state index contributed by atoms with van der Waals surface area (Å²) in [7, 11) is 0.751. The Bertz CT molecular complexity index is 494. The van der Waals surface area contributed by atoms with Crippen molar-refractivity contribution >= 4 is 10.8 Å². The Morgan fingerprint density at radius 2 is 1.84 bits per heavy atom. The smallest absolute Gasteiger partial charge is 0.118 e. The number of hydrogen-bond donors (Lipinski definition) is 0. The quantitative estimate of drug-likeness (QED) is 0.835. The summed E-state index contributed by atoms with van der Waals surface area (Å²) in [5.74, 6) is 1.16. The number of benzene rings is 1. The molecule has 1 aliphatic carbocycles. The molecule has 104 valence electrons. The Morgan fingerprint density at radius 3 is 2.37 bits per heavy atom. The van der Waals surface area contributed by atoms with Crippen LogP contribution < -0.4 is 4.74 Å². The molecule has 0 radical (unpaired) electrons. The van der Waals surface area contributed by atoms with Crippen LogP contribution in [0.5, 0.6) is 5.75 Å². The van der Waals surface area contributed by atoms with Crippen LogP contribution in [0.15, 0.2) is 35.2 Å². The molecule has 1 aromatic carbocycles. The first-order valence-corrected chi connectivity index (χ1v) is 7.84. The van der Waals surface area contributed by atoms with Gasteiger partial charge in [-0.05, 0) is 51.3 Å². The lowest BCUT2D eigenvalue weighted by atomic mass is 9.98. The molecule has 2 nitrogen and oxygen atoms in total. The van der Waals surface area contributed by atoms with Crippen molar-refractivity contribution in [2.75, 3.05) is 7.11 Å². The van der Waals surface area contributed by atoms with Crippen LogP contribution in [0.4, 0.5) is 0 Å². The average molecular weight is 278 g/mol. The number of methoxy groups -OCH3 is 1. The van der Waals surface area contributed by atoms with Crippen molar-refractivity contribution in [1.82, 2.24) is 0 Å². The number of rotatable bonds is 3. The van der Waals surface area contributed by atoms with Gasteiger partial charge in [0.2, 0.25) is 0 Å². The van der Waals surface area contributed by atoms with E-state index in [4.69, 9.17) is 4.74 Å². The summed E-state index contributed by atoms with van der Waals surface area (Å²) in [6.45, 7) is 6.11. The SMILES string of the molecule is COc1ccc([C@@H]2CCC=C2S(=O)C(C)(C)C)cc1. The summed E-state index contributed by atoms with van der Waals surface area (Å²) in [5, 5.41) is 0. The van der Waals surface area contributed by atoms with Crippen LogP contribution in [0.3, 0.4) is 0 Å². The van der Waals surface area contributed by atoms with Gasteiger partial charge in [0.15, 0.2) is 0 Å². The highest BCUT2D eigenvalue weighted by Crippen LogP contribution is 2.40. The van der Waals surface area contributed by atoms with Gasteiger partial charge in [-0.1, -0.05) is 18.2 Å². The van der Waals surface area contributed by atoms with Crippen LogP contribution in [-0.4, -0.2) is 16.1 Å². The normalized spacial score (nSPS) is 21.1. The number of allylic oxidation sites excluding steroid dienone is 2. The monoisotopic (exact) mass is 278 g/mol. The van der Waals surface area contributed by atoms with E-state index in [0.717, 1.165) is 23.5 Å². The molecule has 0 amide bonds. The zero-order valence-corrected chi connectivity index (χ0v) is 12.9. The first kappa shape index (κ1) is 14.3. The van der Waals surface area contributed by atoms with E-state index in [2.05, 4.69) is 18.2 Å². The van der Waals surface area contributed by atoms with Crippen molar-refractivity contribution < 1.29 is 8.95 Å². The second-order valence-corrected chi connectivity index (χ2v) is 8.12. The summed E-state index contributed by atoms with van der Waals surface area (Å²) in [4.78, 5) is 1.10. The van der Waals surface area contributed by atoms with Gasteiger partial charge in [-0.2, -0.15) is 0 Å². The van der Waals surface area contributed by atoms with Gasteiger partial charge >= 0.3 is 0 Å². The molecular weight excluding hydrogens is 256 g/mol. The molecule has 1 unspecified atom stereocenters. The third kappa shape index (κ3) is 3.08. The van der Waals surface area contributed by atoms with Crippen molar-refractivity contribution in [3.8, 4) is 5.75 Å². The highest BCUT2D eigenvalue weighted by Gasteiger charge is 2.31. The van der Waals surface area contributed by atoms with Crippen LogP contribution in [0.25, 0.3) is 0 Å². The summed E-state index contributed by atoms with van der Waals surface area (Å²) < 4.78 is 17.6. The van der Waals surface area contributed by atoms with E-state index in [-0.39, 0.29) is 4.75 Å². The molecule has 0 spiro atoms. The van der Waals surface area contributed by atoms with Gasteiger partial charge < -0.3 is 4.74 Å². The fourth-order valence-corrected chi connectivity index (χ4v) is 3.89. The Balaban J connectivity index is 2.25. The van der Waals surface area contributed by atoms with Crippen molar-refractivity contribution in [2.45, 2.75) is 44.3 Å². The Kier molecular flexibility index (Phi) is 4.14. The molecule has 3 heteroatoms. The minimum absolute atomic E-state index is 0.194. The molecule has 0 aromatic heterocycles. The maximum absolute atomic E-state index is 12.6. The Morgan fingerprint density at radius 1 is 1.21 bits per heavy atom. The van der Waals surface area contributed by atoms with E-state index in [1.54, 1.807) is 7.11 Å². The molecule has 1 aromatic rings. The van der Waals surface area contributed by atoms with Crippen LogP contribution in [0, 0.1) is 0 Å². The highest BCUT2D eigenvalue weighted by atomic mass is 32.2. The Hall–Kier alpha value is -1.09. The zero-order chi connectivity index (χ0) is 14.0. The minimum atomic E-state index is -0.920. The first-order valence-electron chi connectivity index (χ1n) is 6.69. The lowest BCUT2D eigenvalue weighted by Crippen LogP contribution is -2.24. The predicted molar refractivity (Wildman–Crippen MR) is 80.9 cm³/mol. The van der Waals surface area contributed by atoms with E-state index in [0.29, 0.717) is 5.92 Å². The van der Waals surface area contributed by atoms with Gasteiger partial charge in [-0.3, -0.25) is 4.21 Å². The largest absolute Gasteiger partial charge is 0.497 e. The third-order valence-corrected chi connectivity index (χ3v) is 5.42. The molecule has 0 fully saturated rings. The van der Waals surface area contributed by atoms with E-state index < -0.39 is 10.8 Å². The zero-order valence-electron chi connectivity index (χ0n) is 12.1. The number of hydrogen-bond acceptors (Lipinski definition) is 2. The van der Waals surface area contributed by atoms with E-state index in [1.165, 1.54) is 5.56 Å². The van der Waals surface area contributed by atoms with Gasteiger partial charge in [0.05, 0.1) is 17.9 Å². The molecule has 2 rings (SSSR count). The minimum Gasteiger partial charge on any atom is -0.497 e. The van der Waals surface area contributed by atoms with Gasteiger partial charge in [-0.15, -0.1) is 0 Å². The van der Waals surface area contributed by atoms with Crippen molar-refractivity contribution in [2.24, 2.45) is 0 Å². The van der Waals surface area contributed by atoms with E-state index in [1.807, 2.05) is 32.9 Å². The fourth-order valence-electron chi connectivity index (χ4n) is 2.40. The molecule has 2 atom stereocenters. The maximum Gasteiger partial charge on any atom is 0.118 e. The average Bonchev–Trinajstić information content (AvgIpc) is 2.85. The predicted octanol–water partition coefficient (Wildman–Crippen LogP) is 4.00. The summed E-state index contributed by atoms with van der Waals surface area (Å²) >= 11 is 0. The molecule has 0 aliphatic heterocycles. The molecule has 0 N–H and O–H groups in total. The lowest BCUT2D eigenvalue weighted by molar-refractivity contribution is 0.414. The van der Waals surface area contributed by atoms with E-state index in [9.17, 15) is 4.21 Å². The van der Waals surface area contributed by atoms with Gasteiger partial charge in [0, 0.05) is 15.6 Å². The summed E-state index contributed by atoms with van der Waals surface area (Å²) in [6, 6.07) is 8.13. The summed E-state index contributed by atoms with van der Waals surface area (Å²) in [6.07, 6.45) is 4.24. The molecule has 0 bridgehead atoms. The second-order valence-electron chi connectivity index (χ2n) is 5.89.